The maximum absolute atomic E-state index is 6.15. The Morgan fingerprint density at radius 1 is 1.27 bits per heavy atom. The Morgan fingerprint density at radius 2 is 2.07 bits per heavy atom. The molecular formula is C22H38IN5O2. The molecule has 3 heterocycles. The van der Waals surface area contributed by atoms with Crippen molar-refractivity contribution in [3.63, 3.8) is 0 Å². The summed E-state index contributed by atoms with van der Waals surface area (Å²) in [5.74, 6) is 1.93. The molecule has 7 nitrogen and oxygen atoms in total. The predicted molar refractivity (Wildman–Crippen MR) is 133 cm³/mol. The minimum Gasteiger partial charge on any atom is -0.376 e. The van der Waals surface area contributed by atoms with E-state index < -0.39 is 0 Å². The van der Waals surface area contributed by atoms with Gasteiger partial charge < -0.3 is 24.6 Å². The summed E-state index contributed by atoms with van der Waals surface area (Å²) in [6.45, 7) is 7.12. The molecule has 1 N–H and O–H groups in total. The number of hydrogen-bond donors (Lipinski definition) is 1. The number of ether oxygens (including phenoxy) is 2. The number of halogens is 1. The lowest BCUT2D eigenvalue weighted by Crippen LogP contribution is -2.47. The molecule has 1 atom stereocenters. The fourth-order valence-corrected chi connectivity index (χ4v) is 3.80. The summed E-state index contributed by atoms with van der Waals surface area (Å²) in [4.78, 5) is 13.9. The first-order valence-electron chi connectivity index (χ1n) is 11.1. The highest BCUT2D eigenvalue weighted by Gasteiger charge is 2.23. The van der Waals surface area contributed by atoms with E-state index in [-0.39, 0.29) is 24.0 Å². The van der Waals surface area contributed by atoms with E-state index in [2.05, 4.69) is 22.1 Å². The van der Waals surface area contributed by atoms with Gasteiger partial charge in [0, 0.05) is 40.3 Å². The number of guanidine groups is 1. The normalized spacial score (nSPS) is 20.6. The van der Waals surface area contributed by atoms with Crippen molar-refractivity contribution in [2.24, 2.45) is 4.99 Å². The first-order chi connectivity index (χ1) is 14.2. The van der Waals surface area contributed by atoms with E-state index in [0.29, 0.717) is 18.8 Å². The van der Waals surface area contributed by atoms with E-state index in [1.165, 1.54) is 12.8 Å². The third-order valence-electron chi connectivity index (χ3n) is 5.51. The fraction of sp³-hybridized carbons (Fsp3) is 0.727. The maximum atomic E-state index is 6.15. The molecule has 2 aliphatic heterocycles. The highest BCUT2D eigenvalue weighted by Crippen LogP contribution is 2.18. The summed E-state index contributed by atoms with van der Waals surface area (Å²) in [5, 5.41) is 3.44. The van der Waals surface area contributed by atoms with E-state index in [4.69, 9.17) is 14.5 Å². The largest absolute Gasteiger partial charge is 0.376 e. The van der Waals surface area contributed by atoms with Gasteiger partial charge in [-0.1, -0.05) is 6.07 Å². The van der Waals surface area contributed by atoms with Crippen LogP contribution in [0.2, 0.25) is 0 Å². The first-order valence-corrected chi connectivity index (χ1v) is 11.1. The second-order valence-electron chi connectivity index (χ2n) is 8.06. The topological polar surface area (TPSA) is 62.2 Å². The highest BCUT2D eigenvalue weighted by molar-refractivity contribution is 14.0. The number of nitrogens with one attached hydrogen (secondary N) is 1. The maximum Gasteiger partial charge on any atom is 0.194 e. The van der Waals surface area contributed by atoms with Crippen LogP contribution in [0.25, 0.3) is 0 Å². The molecule has 0 amide bonds. The molecular weight excluding hydrogens is 493 g/mol. The molecule has 1 aromatic rings. The van der Waals surface area contributed by atoms with Crippen molar-refractivity contribution in [1.29, 1.82) is 0 Å². The molecule has 2 fully saturated rings. The van der Waals surface area contributed by atoms with Crippen LogP contribution in [0.5, 0.6) is 0 Å². The van der Waals surface area contributed by atoms with Gasteiger partial charge in [-0.2, -0.15) is 0 Å². The van der Waals surface area contributed by atoms with Gasteiger partial charge >= 0.3 is 0 Å². The molecule has 8 heteroatoms. The SMILES string of the molecule is CCNC(=NCc1cccc(N(C)C)n1)N1CCC(OCC2CCCCO2)CC1.I. The molecule has 3 rings (SSSR count). The molecule has 2 aliphatic rings. The zero-order chi connectivity index (χ0) is 20.5. The number of likely N-dealkylation sites (tertiary alicyclic amines) is 1. The lowest BCUT2D eigenvalue weighted by Gasteiger charge is -2.35. The van der Waals surface area contributed by atoms with Crippen molar-refractivity contribution in [2.75, 3.05) is 51.8 Å². The highest BCUT2D eigenvalue weighted by atomic mass is 127. The average molecular weight is 531 g/mol. The Morgan fingerprint density at radius 3 is 2.73 bits per heavy atom. The van der Waals surface area contributed by atoms with Crippen molar-refractivity contribution in [2.45, 2.75) is 57.8 Å². The Hall–Kier alpha value is -1.13. The van der Waals surface area contributed by atoms with Gasteiger partial charge in [0.25, 0.3) is 0 Å². The van der Waals surface area contributed by atoms with Gasteiger partial charge in [0.05, 0.1) is 31.1 Å². The molecule has 0 spiro atoms. The van der Waals surface area contributed by atoms with Gasteiger partial charge in [-0.3, -0.25) is 0 Å². The number of pyridine rings is 1. The van der Waals surface area contributed by atoms with Gasteiger partial charge in [0.1, 0.15) is 5.82 Å². The number of hydrogen-bond acceptors (Lipinski definition) is 5. The Kier molecular flexibility index (Phi) is 11.2. The Balaban J connectivity index is 0.00000320. The summed E-state index contributed by atoms with van der Waals surface area (Å²) in [6.07, 6.45) is 6.29. The number of rotatable bonds is 7. The van der Waals surface area contributed by atoms with E-state index >= 15 is 0 Å². The minimum atomic E-state index is 0. The van der Waals surface area contributed by atoms with Crippen molar-refractivity contribution in [3.8, 4) is 0 Å². The number of aliphatic imine (C=N–C) groups is 1. The lowest BCUT2D eigenvalue weighted by atomic mass is 10.1. The second kappa shape index (κ2) is 13.3. The van der Waals surface area contributed by atoms with E-state index in [9.17, 15) is 0 Å². The summed E-state index contributed by atoms with van der Waals surface area (Å²) in [5.41, 5.74) is 0.984. The summed E-state index contributed by atoms with van der Waals surface area (Å²) in [7, 11) is 4.01. The van der Waals surface area contributed by atoms with E-state index in [0.717, 1.165) is 69.6 Å². The third kappa shape index (κ3) is 7.85. The standard InChI is InChI=1S/C22H37N5O2.HI/c1-4-23-22(24-16-18-8-7-10-21(25-18)26(2)3)27-13-11-19(12-14-27)29-17-20-9-5-6-15-28-20;/h7-8,10,19-20H,4-6,9,11-17H2,1-3H3,(H,23,24);1H. The van der Waals surface area contributed by atoms with Crippen LogP contribution < -0.4 is 10.2 Å². The summed E-state index contributed by atoms with van der Waals surface area (Å²) in [6, 6.07) is 6.09. The molecule has 0 aliphatic carbocycles. The Bertz CT molecular complexity index is 644. The average Bonchev–Trinajstić information content (AvgIpc) is 2.76. The molecule has 170 valence electrons. The first kappa shape index (κ1) is 25.1. The summed E-state index contributed by atoms with van der Waals surface area (Å²) < 4.78 is 11.9. The second-order valence-corrected chi connectivity index (χ2v) is 8.06. The van der Waals surface area contributed by atoms with Gasteiger partial charge in [-0.25, -0.2) is 9.98 Å². The minimum absolute atomic E-state index is 0. The quantitative estimate of drug-likeness (QED) is 0.331. The van der Waals surface area contributed by atoms with Gasteiger partial charge in [0.2, 0.25) is 0 Å². The fourth-order valence-electron chi connectivity index (χ4n) is 3.80. The van der Waals surface area contributed by atoms with E-state index in [1.54, 1.807) is 0 Å². The van der Waals surface area contributed by atoms with Crippen LogP contribution in [-0.2, 0) is 16.0 Å². The molecule has 30 heavy (non-hydrogen) atoms. The van der Waals surface area contributed by atoms with Crippen molar-refractivity contribution < 1.29 is 9.47 Å². The van der Waals surface area contributed by atoms with Crippen LogP contribution in [0.1, 0.15) is 44.7 Å². The van der Waals surface area contributed by atoms with E-state index in [1.807, 2.05) is 37.2 Å². The van der Waals surface area contributed by atoms with Crippen molar-refractivity contribution in [3.05, 3.63) is 23.9 Å². The van der Waals surface area contributed by atoms with Crippen LogP contribution in [0, 0.1) is 0 Å². The molecule has 1 aromatic heterocycles. The predicted octanol–water partition coefficient (Wildman–Crippen LogP) is 3.28. The van der Waals surface area contributed by atoms with Crippen LogP contribution in [0.3, 0.4) is 0 Å². The zero-order valence-electron chi connectivity index (χ0n) is 18.7. The smallest absolute Gasteiger partial charge is 0.194 e. The Labute approximate surface area is 198 Å². The molecule has 1 unspecified atom stereocenters. The van der Waals surface area contributed by atoms with Crippen molar-refractivity contribution in [1.82, 2.24) is 15.2 Å². The zero-order valence-corrected chi connectivity index (χ0v) is 21.0. The molecule has 0 bridgehead atoms. The van der Waals surface area contributed by atoms with Crippen LogP contribution in [-0.4, -0.2) is 75.0 Å². The molecule has 0 saturated carbocycles. The number of anilines is 1. The number of aromatic nitrogens is 1. The van der Waals surface area contributed by atoms with Crippen LogP contribution in [0.15, 0.2) is 23.2 Å². The molecule has 0 aromatic carbocycles. The summed E-state index contributed by atoms with van der Waals surface area (Å²) >= 11 is 0. The van der Waals surface area contributed by atoms with Crippen LogP contribution >= 0.6 is 24.0 Å². The number of nitrogens with zero attached hydrogens (tertiary/aromatic N) is 4. The monoisotopic (exact) mass is 531 g/mol. The van der Waals surface area contributed by atoms with Gasteiger partial charge in [-0.05, 0) is 51.2 Å². The van der Waals surface area contributed by atoms with Crippen molar-refractivity contribution >= 4 is 35.8 Å². The molecule has 2 saturated heterocycles. The van der Waals surface area contributed by atoms with Gasteiger partial charge in [-0.15, -0.1) is 24.0 Å². The third-order valence-corrected chi connectivity index (χ3v) is 5.51. The molecule has 0 radical (unpaired) electrons. The lowest BCUT2D eigenvalue weighted by molar-refractivity contribution is -0.0721. The van der Waals surface area contributed by atoms with Crippen LogP contribution in [0.4, 0.5) is 5.82 Å². The van der Waals surface area contributed by atoms with Gasteiger partial charge in [0.15, 0.2) is 5.96 Å². The number of piperidine rings is 1.